The Morgan fingerprint density at radius 2 is 1.29 bits per heavy atom. The summed E-state index contributed by atoms with van der Waals surface area (Å²) in [4.78, 5) is 20.8. The summed E-state index contributed by atoms with van der Waals surface area (Å²) < 4.78 is 0. The van der Waals surface area contributed by atoms with Gasteiger partial charge < -0.3 is 10.2 Å². The van der Waals surface area contributed by atoms with Gasteiger partial charge in [0.25, 0.3) is 0 Å². The quantitative estimate of drug-likeness (QED) is 0.520. The molecule has 0 fully saturated rings. The van der Waals surface area contributed by atoms with E-state index >= 15 is 0 Å². The Hall–Kier alpha value is -0.360. The summed E-state index contributed by atoms with van der Waals surface area (Å²) in [6, 6.07) is 0. The fraction of sp³-hybridized carbons (Fsp3) is 0.750. The molecule has 0 rings (SSSR count). The minimum Gasteiger partial charge on any atom is -0.481 e. The Balaban J connectivity index is 3.47. The van der Waals surface area contributed by atoms with Crippen LogP contribution in [0.3, 0.4) is 0 Å². The summed E-state index contributed by atoms with van der Waals surface area (Å²) in [6.07, 6.45) is 0. The van der Waals surface area contributed by atoms with Crippen LogP contribution in [0, 0.1) is 11.8 Å². The van der Waals surface area contributed by atoms with Crippen molar-refractivity contribution in [1.29, 1.82) is 0 Å². The number of carboxylic acids is 2. The molecule has 4 nitrogen and oxygen atoms in total. The molecule has 0 aliphatic rings. The van der Waals surface area contributed by atoms with Gasteiger partial charge in [0.1, 0.15) is 0 Å². The van der Waals surface area contributed by atoms with Crippen LogP contribution in [0.15, 0.2) is 0 Å². The van der Waals surface area contributed by atoms with Gasteiger partial charge >= 0.3 is 11.9 Å². The smallest absolute Gasteiger partial charge is 0.307 e. The lowest BCUT2D eigenvalue weighted by Gasteiger charge is -2.06. The maximum absolute atomic E-state index is 10.4. The van der Waals surface area contributed by atoms with Gasteiger partial charge in [-0.2, -0.15) is 0 Å². The first kappa shape index (κ1) is 13.6. The van der Waals surface area contributed by atoms with Crippen LogP contribution in [0.5, 0.6) is 0 Å². The van der Waals surface area contributed by atoms with Crippen molar-refractivity contribution in [2.45, 2.75) is 13.8 Å². The van der Waals surface area contributed by atoms with E-state index < -0.39 is 11.9 Å². The van der Waals surface area contributed by atoms with Gasteiger partial charge in [-0.25, -0.2) is 0 Å². The molecular formula is C8H14O4S2. The fourth-order valence-electron chi connectivity index (χ4n) is 0.443. The van der Waals surface area contributed by atoms with Crippen LogP contribution in [0.4, 0.5) is 0 Å². The zero-order valence-corrected chi connectivity index (χ0v) is 9.73. The van der Waals surface area contributed by atoms with Crippen LogP contribution in [-0.4, -0.2) is 33.7 Å². The van der Waals surface area contributed by atoms with Crippen LogP contribution < -0.4 is 0 Å². The summed E-state index contributed by atoms with van der Waals surface area (Å²) in [5.41, 5.74) is 0. The number of hydrogen-bond donors (Lipinski definition) is 2. The van der Waals surface area contributed by atoms with Crippen molar-refractivity contribution in [3.05, 3.63) is 0 Å². The maximum atomic E-state index is 10.4. The molecule has 0 aliphatic carbocycles. The lowest BCUT2D eigenvalue weighted by molar-refractivity contribution is -0.141. The average Bonchev–Trinajstić information content (AvgIpc) is 2.11. The largest absolute Gasteiger partial charge is 0.481 e. The maximum Gasteiger partial charge on any atom is 0.307 e. The molecule has 82 valence electrons. The Bertz CT molecular complexity index is 186. The first-order valence-electron chi connectivity index (χ1n) is 4.15. The molecule has 0 aliphatic heterocycles. The first-order valence-corrected chi connectivity index (χ1v) is 6.64. The van der Waals surface area contributed by atoms with Gasteiger partial charge in [0.2, 0.25) is 0 Å². The topological polar surface area (TPSA) is 74.6 Å². The molecule has 0 aromatic carbocycles. The van der Waals surface area contributed by atoms with Crippen molar-refractivity contribution in [3.63, 3.8) is 0 Å². The van der Waals surface area contributed by atoms with E-state index in [1.165, 1.54) is 21.6 Å². The van der Waals surface area contributed by atoms with Crippen molar-refractivity contribution in [2.75, 3.05) is 11.5 Å². The highest BCUT2D eigenvalue weighted by molar-refractivity contribution is 8.76. The summed E-state index contributed by atoms with van der Waals surface area (Å²) in [7, 11) is 2.82. The summed E-state index contributed by atoms with van der Waals surface area (Å²) in [5, 5.41) is 17.1. The summed E-state index contributed by atoms with van der Waals surface area (Å²) in [6.45, 7) is 3.27. The number of aliphatic carboxylic acids is 2. The SMILES string of the molecule is CC(CSSC[C@@H](C)C(=O)O)C(=O)O. The Morgan fingerprint density at radius 1 is 1.00 bits per heavy atom. The minimum atomic E-state index is -0.815. The third-order valence-corrected chi connectivity index (χ3v) is 4.32. The van der Waals surface area contributed by atoms with E-state index in [0.717, 1.165) is 0 Å². The second-order valence-corrected chi connectivity index (χ2v) is 5.60. The molecule has 0 spiro atoms. The minimum absolute atomic E-state index is 0.382. The molecular weight excluding hydrogens is 224 g/mol. The Kier molecular flexibility index (Phi) is 6.82. The molecule has 0 aromatic rings. The molecule has 0 heterocycles. The molecule has 2 N–H and O–H groups in total. The Morgan fingerprint density at radius 3 is 1.50 bits per heavy atom. The zero-order chi connectivity index (χ0) is 11.1. The first-order chi connectivity index (χ1) is 6.45. The monoisotopic (exact) mass is 238 g/mol. The van der Waals surface area contributed by atoms with Crippen LogP contribution in [-0.2, 0) is 9.59 Å². The molecule has 2 atom stereocenters. The number of rotatable bonds is 7. The van der Waals surface area contributed by atoms with E-state index in [1.807, 2.05) is 0 Å². The lowest BCUT2D eigenvalue weighted by Crippen LogP contribution is -2.13. The van der Waals surface area contributed by atoms with Gasteiger partial charge in [0, 0.05) is 11.5 Å². The van der Waals surface area contributed by atoms with Gasteiger partial charge in [-0.05, 0) is 0 Å². The summed E-state index contributed by atoms with van der Waals surface area (Å²) >= 11 is 0. The predicted octanol–water partition coefficient (Wildman–Crippen LogP) is 1.81. The molecule has 14 heavy (non-hydrogen) atoms. The normalized spacial score (nSPS) is 14.7. The predicted molar refractivity (Wildman–Crippen MR) is 58.5 cm³/mol. The van der Waals surface area contributed by atoms with Crippen LogP contribution in [0.25, 0.3) is 0 Å². The van der Waals surface area contributed by atoms with Crippen LogP contribution in [0.1, 0.15) is 13.8 Å². The molecule has 0 radical (unpaired) electrons. The van der Waals surface area contributed by atoms with E-state index in [1.54, 1.807) is 13.8 Å². The highest BCUT2D eigenvalue weighted by Gasteiger charge is 2.13. The van der Waals surface area contributed by atoms with E-state index in [2.05, 4.69) is 0 Å². The van der Waals surface area contributed by atoms with Gasteiger partial charge in [-0.15, -0.1) is 0 Å². The van der Waals surface area contributed by atoms with Gasteiger partial charge in [-0.1, -0.05) is 35.4 Å². The van der Waals surface area contributed by atoms with Crippen molar-refractivity contribution < 1.29 is 19.8 Å². The van der Waals surface area contributed by atoms with Crippen molar-refractivity contribution >= 4 is 33.5 Å². The van der Waals surface area contributed by atoms with E-state index in [9.17, 15) is 9.59 Å². The highest BCUT2D eigenvalue weighted by Crippen LogP contribution is 2.26. The van der Waals surface area contributed by atoms with E-state index in [0.29, 0.717) is 11.5 Å². The van der Waals surface area contributed by atoms with Crippen molar-refractivity contribution in [3.8, 4) is 0 Å². The van der Waals surface area contributed by atoms with Gasteiger partial charge in [0.15, 0.2) is 0 Å². The fourth-order valence-corrected chi connectivity index (χ4v) is 3.13. The number of hydrogen-bond acceptors (Lipinski definition) is 4. The molecule has 0 aromatic heterocycles. The molecule has 0 saturated carbocycles. The average molecular weight is 238 g/mol. The van der Waals surface area contributed by atoms with E-state index in [4.69, 9.17) is 10.2 Å². The number of carboxylic acid groups (broad SMARTS) is 2. The molecule has 0 amide bonds. The van der Waals surface area contributed by atoms with E-state index in [-0.39, 0.29) is 11.8 Å². The third kappa shape index (κ3) is 6.15. The summed E-state index contributed by atoms with van der Waals surface area (Å²) in [5.74, 6) is -1.38. The number of carbonyl (C=O) groups is 2. The second kappa shape index (κ2) is 7.00. The van der Waals surface area contributed by atoms with Gasteiger partial charge in [0.05, 0.1) is 11.8 Å². The zero-order valence-electron chi connectivity index (χ0n) is 8.10. The molecule has 6 heteroatoms. The molecule has 0 bridgehead atoms. The lowest BCUT2D eigenvalue weighted by atomic mass is 10.2. The van der Waals surface area contributed by atoms with Crippen molar-refractivity contribution in [2.24, 2.45) is 11.8 Å². The highest BCUT2D eigenvalue weighted by atomic mass is 33.1. The molecule has 0 saturated heterocycles. The van der Waals surface area contributed by atoms with Crippen LogP contribution in [0.2, 0.25) is 0 Å². The third-order valence-electron chi connectivity index (χ3n) is 1.56. The Labute approximate surface area is 90.9 Å². The molecule has 1 unspecified atom stereocenters. The van der Waals surface area contributed by atoms with Crippen LogP contribution >= 0.6 is 21.6 Å². The standard InChI is InChI=1S/C8H14O4S2/c1-5(7(9)10)3-13-14-4-6(2)8(11)12/h5-6H,3-4H2,1-2H3,(H,9,10)(H,11,12)/t5-,6?/m1/s1. The van der Waals surface area contributed by atoms with Crippen molar-refractivity contribution in [1.82, 2.24) is 0 Å². The van der Waals surface area contributed by atoms with Gasteiger partial charge in [-0.3, -0.25) is 9.59 Å². The second-order valence-electron chi connectivity index (χ2n) is 3.05.